The van der Waals surface area contributed by atoms with Gasteiger partial charge in [-0.15, -0.1) is 11.6 Å². The molecule has 2 aromatic rings. The van der Waals surface area contributed by atoms with Crippen LogP contribution in [0.15, 0.2) is 48.9 Å². The highest BCUT2D eigenvalue weighted by molar-refractivity contribution is 6.18. The minimum atomic E-state index is -0.336. The van der Waals surface area contributed by atoms with Crippen LogP contribution in [0.1, 0.15) is 12.5 Å². The number of alkyl halides is 1. The second-order valence-electron chi connectivity index (χ2n) is 4.05. The third kappa shape index (κ3) is 2.74. The van der Waals surface area contributed by atoms with Crippen LogP contribution in [0.2, 0.25) is 0 Å². The molecule has 0 aliphatic carbocycles. The summed E-state index contributed by atoms with van der Waals surface area (Å²) in [5.74, 6) is 1.23. The lowest BCUT2D eigenvalue weighted by Gasteiger charge is -2.29. The lowest BCUT2D eigenvalue weighted by molar-refractivity contribution is 0.613. The van der Waals surface area contributed by atoms with Gasteiger partial charge >= 0.3 is 0 Å². The molecule has 0 amide bonds. The fourth-order valence-corrected chi connectivity index (χ4v) is 1.86. The van der Waals surface area contributed by atoms with Crippen molar-refractivity contribution < 1.29 is 0 Å². The Labute approximate surface area is 106 Å². The molecule has 0 fully saturated rings. The fraction of sp³-hybridized carbons (Fsp3) is 0.231. The molecule has 3 nitrogen and oxygen atoms in total. The van der Waals surface area contributed by atoms with Gasteiger partial charge in [0, 0.05) is 12.1 Å². The van der Waals surface area contributed by atoms with Crippen LogP contribution < -0.4 is 5.32 Å². The summed E-state index contributed by atoms with van der Waals surface area (Å²) in [4.78, 5) is 8.05. The van der Waals surface area contributed by atoms with Gasteiger partial charge in [0.1, 0.15) is 12.1 Å². The number of hydrogen-bond acceptors (Lipinski definition) is 3. The number of hydrogen-bond donors (Lipinski definition) is 1. The van der Waals surface area contributed by atoms with Gasteiger partial charge in [0.2, 0.25) is 0 Å². The number of aromatic nitrogens is 2. The van der Waals surface area contributed by atoms with Crippen molar-refractivity contribution in [2.45, 2.75) is 12.5 Å². The van der Waals surface area contributed by atoms with Gasteiger partial charge < -0.3 is 5.32 Å². The van der Waals surface area contributed by atoms with Crippen LogP contribution in [0.3, 0.4) is 0 Å². The average molecular weight is 248 g/mol. The van der Waals surface area contributed by atoms with Crippen LogP contribution in [0.5, 0.6) is 0 Å². The number of benzene rings is 1. The number of rotatable bonds is 4. The highest BCUT2D eigenvalue weighted by atomic mass is 35.5. The molecule has 4 heteroatoms. The highest BCUT2D eigenvalue weighted by Gasteiger charge is 2.25. The van der Waals surface area contributed by atoms with Gasteiger partial charge in [0.05, 0.1) is 5.54 Å². The van der Waals surface area contributed by atoms with E-state index < -0.39 is 0 Å². The molecule has 0 spiro atoms. The average Bonchev–Trinajstić information content (AvgIpc) is 2.41. The number of nitrogens with one attached hydrogen (secondary N) is 1. The van der Waals surface area contributed by atoms with Crippen molar-refractivity contribution in [2.24, 2.45) is 0 Å². The molecule has 1 heterocycles. The van der Waals surface area contributed by atoms with Crippen LogP contribution >= 0.6 is 11.6 Å². The van der Waals surface area contributed by atoms with Gasteiger partial charge in [-0.1, -0.05) is 30.3 Å². The Morgan fingerprint density at radius 3 is 2.59 bits per heavy atom. The lowest BCUT2D eigenvalue weighted by atomic mass is 9.94. The lowest BCUT2D eigenvalue weighted by Crippen LogP contribution is -2.34. The van der Waals surface area contributed by atoms with Gasteiger partial charge in [0.15, 0.2) is 0 Å². The van der Waals surface area contributed by atoms with Crippen molar-refractivity contribution in [3.05, 3.63) is 54.5 Å². The van der Waals surface area contributed by atoms with Gasteiger partial charge in [-0.25, -0.2) is 9.97 Å². The van der Waals surface area contributed by atoms with E-state index in [0.29, 0.717) is 5.88 Å². The monoisotopic (exact) mass is 247 g/mol. The third-order valence-corrected chi connectivity index (χ3v) is 3.20. The smallest absolute Gasteiger partial charge is 0.130 e. The normalized spacial score (nSPS) is 14.0. The van der Waals surface area contributed by atoms with E-state index in [1.165, 1.54) is 6.33 Å². The Balaban J connectivity index is 2.27. The molecule has 0 aliphatic heterocycles. The predicted molar refractivity (Wildman–Crippen MR) is 70.2 cm³/mol. The quantitative estimate of drug-likeness (QED) is 0.844. The number of nitrogens with zero attached hydrogens (tertiary/aromatic N) is 2. The van der Waals surface area contributed by atoms with E-state index in [0.717, 1.165) is 11.4 Å². The third-order valence-electron chi connectivity index (χ3n) is 2.66. The minimum Gasteiger partial charge on any atom is -0.360 e. The summed E-state index contributed by atoms with van der Waals surface area (Å²) < 4.78 is 0. The first-order chi connectivity index (χ1) is 8.24. The fourth-order valence-electron chi connectivity index (χ4n) is 1.64. The second kappa shape index (κ2) is 5.15. The zero-order chi connectivity index (χ0) is 12.1. The summed E-state index contributed by atoms with van der Waals surface area (Å²) in [6, 6.07) is 11.9. The Morgan fingerprint density at radius 2 is 2.00 bits per heavy atom. The van der Waals surface area contributed by atoms with Gasteiger partial charge in [-0.2, -0.15) is 0 Å². The van der Waals surface area contributed by atoms with E-state index in [9.17, 15) is 0 Å². The Kier molecular flexibility index (Phi) is 3.59. The summed E-state index contributed by atoms with van der Waals surface area (Å²) in [5.41, 5.74) is 0.797. The van der Waals surface area contributed by atoms with Crippen molar-refractivity contribution in [1.82, 2.24) is 9.97 Å². The van der Waals surface area contributed by atoms with Crippen molar-refractivity contribution in [2.75, 3.05) is 11.2 Å². The van der Waals surface area contributed by atoms with Crippen LogP contribution in [0.4, 0.5) is 5.82 Å². The van der Waals surface area contributed by atoms with Crippen molar-refractivity contribution in [1.29, 1.82) is 0 Å². The maximum Gasteiger partial charge on any atom is 0.130 e. The number of anilines is 1. The molecule has 0 bridgehead atoms. The van der Waals surface area contributed by atoms with Gasteiger partial charge in [0.25, 0.3) is 0 Å². The van der Waals surface area contributed by atoms with E-state index >= 15 is 0 Å². The predicted octanol–water partition coefficient (Wildman–Crippen LogP) is 3.04. The standard InChI is InChI=1S/C13H14ClN3/c1-13(9-14,11-5-3-2-4-6-11)17-12-7-8-15-10-16-12/h2-8,10H,9H2,1H3,(H,15,16,17). The molecule has 1 atom stereocenters. The summed E-state index contributed by atoms with van der Waals surface area (Å²) >= 11 is 6.09. The molecule has 1 N–H and O–H groups in total. The van der Waals surface area contributed by atoms with Crippen LogP contribution in [-0.2, 0) is 5.54 Å². The molecular formula is C13H14ClN3. The van der Waals surface area contributed by atoms with Crippen LogP contribution in [-0.4, -0.2) is 15.8 Å². The summed E-state index contributed by atoms with van der Waals surface area (Å²) in [6.07, 6.45) is 3.22. The van der Waals surface area contributed by atoms with Crippen LogP contribution in [0.25, 0.3) is 0 Å². The molecule has 0 aliphatic rings. The zero-order valence-corrected chi connectivity index (χ0v) is 10.4. The molecule has 17 heavy (non-hydrogen) atoms. The second-order valence-corrected chi connectivity index (χ2v) is 4.32. The van der Waals surface area contributed by atoms with E-state index in [2.05, 4.69) is 34.3 Å². The first kappa shape index (κ1) is 11.9. The Hall–Kier alpha value is -1.61. The van der Waals surface area contributed by atoms with E-state index in [-0.39, 0.29) is 5.54 Å². The zero-order valence-electron chi connectivity index (χ0n) is 9.60. The molecule has 0 saturated heterocycles. The maximum absolute atomic E-state index is 6.09. The molecule has 1 aromatic carbocycles. The van der Waals surface area contributed by atoms with E-state index in [1.54, 1.807) is 6.20 Å². The van der Waals surface area contributed by atoms with E-state index in [1.807, 2.05) is 24.3 Å². The van der Waals surface area contributed by atoms with Crippen molar-refractivity contribution >= 4 is 17.4 Å². The number of halogens is 1. The minimum absolute atomic E-state index is 0.336. The first-order valence-corrected chi connectivity index (χ1v) is 5.94. The van der Waals surface area contributed by atoms with Crippen molar-refractivity contribution in [3.8, 4) is 0 Å². The maximum atomic E-state index is 6.09. The Morgan fingerprint density at radius 1 is 1.24 bits per heavy atom. The Bertz CT molecular complexity index is 461. The molecular weight excluding hydrogens is 234 g/mol. The summed E-state index contributed by atoms with van der Waals surface area (Å²) in [7, 11) is 0. The van der Waals surface area contributed by atoms with Gasteiger partial charge in [-0.3, -0.25) is 0 Å². The molecule has 1 aromatic heterocycles. The van der Waals surface area contributed by atoms with E-state index in [4.69, 9.17) is 11.6 Å². The molecule has 0 saturated carbocycles. The molecule has 88 valence electrons. The first-order valence-electron chi connectivity index (χ1n) is 5.40. The molecule has 1 unspecified atom stereocenters. The topological polar surface area (TPSA) is 37.8 Å². The SMILES string of the molecule is CC(CCl)(Nc1ccncn1)c1ccccc1. The molecule has 2 rings (SSSR count). The highest BCUT2D eigenvalue weighted by Crippen LogP contribution is 2.26. The molecule has 0 radical (unpaired) electrons. The van der Waals surface area contributed by atoms with Crippen LogP contribution in [0, 0.1) is 0 Å². The largest absolute Gasteiger partial charge is 0.360 e. The van der Waals surface area contributed by atoms with Crippen molar-refractivity contribution in [3.63, 3.8) is 0 Å². The van der Waals surface area contributed by atoms with Gasteiger partial charge in [-0.05, 0) is 18.6 Å². The summed E-state index contributed by atoms with van der Waals surface area (Å²) in [5, 5.41) is 3.34. The summed E-state index contributed by atoms with van der Waals surface area (Å²) in [6.45, 7) is 2.05.